The number of carboxylic acid groups (broad SMARTS) is 1. The first-order chi connectivity index (χ1) is 9.02. The molecule has 0 fully saturated rings. The van der Waals surface area contributed by atoms with Crippen LogP contribution in [0, 0.1) is 5.92 Å². The minimum absolute atomic E-state index is 0.142. The van der Waals surface area contributed by atoms with Crippen molar-refractivity contribution >= 4 is 17.6 Å². The zero-order valence-corrected chi connectivity index (χ0v) is 11.0. The summed E-state index contributed by atoms with van der Waals surface area (Å²) in [6.07, 6.45) is 0.426. The number of rotatable bonds is 3. The highest BCUT2D eigenvalue weighted by atomic mass is 16.5. The molecule has 0 saturated heterocycles. The number of amides is 1. The summed E-state index contributed by atoms with van der Waals surface area (Å²) < 4.78 is 5.41. The van der Waals surface area contributed by atoms with E-state index in [0.29, 0.717) is 18.8 Å². The summed E-state index contributed by atoms with van der Waals surface area (Å²) in [5.41, 5.74) is 1.63. The van der Waals surface area contributed by atoms with Crippen molar-refractivity contribution in [1.29, 1.82) is 0 Å². The molecule has 1 heterocycles. The monoisotopic (exact) mass is 263 g/mol. The van der Waals surface area contributed by atoms with E-state index in [2.05, 4.69) is 0 Å². The largest absolute Gasteiger partial charge is 0.494 e. The van der Waals surface area contributed by atoms with E-state index >= 15 is 0 Å². The predicted octanol–water partition coefficient (Wildman–Crippen LogP) is 1.70. The summed E-state index contributed by atoms with van der Waals surface area (Å²) in [6, 6.07) is 5.45. The highest BCUT2D eigenvalue weighted by Crippen LogP contribution is 2.32. The summed E-state index contributed by atoms with van der Waals surface area (Å²) in [4.78, 5) is 24.3. The lowest BCUT2D eigenvalue weighted by Crippen LogP contribution is -2.41. The van der Waals surface area contributed by atoms with E-state index in [4.69, 9.17) is 9.84 Å². The van der Waals surface area contributed by atoms with Crippen molar-refractivity contribution in [3.63, 3.8) is 0 Å². The van der Waals surface area contributed by atoms with Gasteiger partial charge in [0.05, 0.1) is 12.5 Å². The average molecular weight is 263 g/mol. The van der Waals surface area contributed by atoms with Crippen LogP contribution in [0.3, 0.4) is 0 Å². The van der Waals surface area contributed by atoms with Crippen molar-refractivity contribution in [3.05, 3.63) is 23.8 Å². The number of hydrogen-bond acceptors (Lipinski definition) is 3. The van der Waals surface area contributed by atoms with Gasteiger partial charge < -0.3 is 14.7 Å². The smallest absolute Gasteiger partial charge is 0.308 e. The highest BCUT2D eigenvalue weighted by Gasteiger charge is 2.31. The Morgan fingerprint density at radius 1 is 1.47 bits per heavy atom. The van der Waals surface area contributed by atoms with Crippen LogP contribution in [0.4, 0.5) is 5.69 Å². The minimum Gasteiger partial charge on any atom is -0.494 e. The molecule has 1 atom stereocenters. The first kappa shape index (κ1) is 13.4. The van der Waals surface area contributed by atoms with E-state index in [1.165, 1.54) is 11.8 Å². The number of nitrogens with zero attached hydrogens (tertiary/aromatic N) is 1. The lowest BCUT2D eigenvalue weighted by molar-refractivity contribution is -0.141. The summed E-state index contributed by atoms with van der Waals surface area (Å²) in [5, 5.41) is 9.17. The fourth-order valence-electron chi connectivity index (χ4n) is 2.36. The molecule has 5 heteroatoms. The lowest BCUT2D eigenvalue weighted by Gasteiger charge is -2.32. The summed E-state index contributed by atoms with van der Waals surface area (Å²) >= 11 is 0. The number of ether oxygens (including phenoxy) is 1. The van der Waals surface area contributed by atoms with E-state index < -0.39 is 11.9 Å². The molecule has 102 valence electrons. The maximum Gasteiger partial charge on any atom is 0.308 e. The van der Waals surface area contributed by atoms with Crippen molar-refractivity contribution in [1.82, 2.24) is 0 Å². The van der Waals surface area contributed by atoms with Crippen LogP contribution >= 0.6 is 0 Å². The molecule has 1 amide bonds. The number of fused-ring (bicyclic) bond motifs is 1. The quantitative estimate of drug-likeness (QED) is 0.901. The van der Waals surface area contributed by atoms with Gasteiger partial charge in [0.15, 0.2) is 0 Å². The van der Waals surface area contributed by atoms with E-state index in [1.54, 1.807) is 6.07 Å². The minimum atomic E-state index is -0.876. The molecule has 1 aliphatic heterocycles. The second-order valence-corrected chi connectivity index (χ2v) is 4.59. The molecule has 0 bridgehead atoms. The molecule has 0 spiro atoms. The maximum atomic E-state index is 11.6. The molecular weight excluding hydrogens is 246 g/mol. The van der Waals surface area contributed by atoms with Gasteiger partial charge in [0.25, 0.3) is 0 Å². The fraction of sp³-hybridized carbons (Fsp3) is 0.429. The molecule has 0 radical (unpaired) electrons. The Balaban J connectivity index is 2.39. The number of carbonyl (C=O) groups excluding carboxylic acids is 1. The van der Waals surface area contributed by atoms with Crippen molar-refractivity contribution in [3.8, 4) is 5.75 Å². The molecule has 1 N–H and O–H groups in total. The van der Waals surface area contributed by atoms with Crippen molar-refractivity contribution in [2.45, 2.75) is 20.3 Å². The Bertz CT molecular complexity index is 512. The normalized spacial score (nSPS) is 17.8. The number of anilines is 1. The second kappa shape index (κ2) is 5.30. The van der Waals surface area contributed by atoms with Gasteiger partial charge in [-0.25, -0.2) is 0 Å². The van der Waals surface area contributed by atoms with Gasteiger partial charge in [0.2, 0.25) is 5.91 Å². The van der Waals surface area contributed by atoms with Gasteiger partial charge in [-0.3, -0.25) is 9.59 Å². The first-order valence-electron chi connectivity index (χ1n) is 6.29. The van der Waals surface area contributed by atoms with Gasteiger partial charge in [-0.1, -0.05) is 0 Å². The molecule has 1 unspecified atom stereocenters. The topological polar surface area (TPSA) is 66.8 Å². The van der Waals surface area contributed by atoms with Gasteiger partial charge in [-0.2, -0.15) is 0 Å². The Morgan fingerprint density at radius 2 is 2.21 bits per heavy atom. The zero-order chi connectivity index (χ0) is 14.0. The zero-order valence-electron chi connectivity index (χ0n) is 11.0. The molecule has 5 nitrogen and oxygen atoms in total. The van der Waals surface area contributed by atoms with Gasteiger partial charge in [0, 0.05) is 19.2 Å². The Kier molecular flexibility index (Phi) is 3.74. The van der Waals surface area contributed by atoms with Gasteiger partial charge in [0.1, 0.15) is 5.75 Å². The fourth-order valence-corrected chi connectivity index (χ4v) is 2.36. The van der Waals surface area contributed by atoms with E-state index in [-0.39, 0.29) is 12.5 Å². The number of carboxylic acids is 1. The van der Waals surface area contributed by atoms with Gasteiger partial charge >= 0.3 is 5.97 Å². The Hall–Kier alpha value is -2.04. The number of benzene rings is 1. The summed E-state index contributed by atoms with van der Waals surface area (Å²) in [6.45, 7) is 4.12. The van der Waals surface area contributed by atoms with Crippen molar-refractivity contribution in [2.75, 3.05) is 18.1 Å². The van der Waals surface area contributed by atoms with Crippen LogP contribution in [0.15, 0.2) is 18.2 Å². The average Bonchev–Trinajstić information content (AvgIpc) is 2.37. The van der Waals surface area contributed by atoms with E-state index in [0.717, 1.165) is 11.3 Å². The van der Waals surface area contributed by atoms with E-state index in [1.807, 2.05) is 19.1 Å². The van der Waals surface area contributed by atoms with Crippen LogP contribution in [-0.4, -0.2) is 30.1 Å². The molecule has 0 saturated carbocycles. The highest BCUT2D eigenvalue weighted by molar-refractivity contribution is 5.94. The molecular formula is C14H17NO4. The third-order valence-electron chi connectivity index (χ3n) is 3.25. The molecule has 1 aromatic carbocycles. The van der Waals surface area contributed by atoms with Crippen molar-refractivity contribution < 1.29 is 19.4 Å². The summed E-state index contributed by atoms with van der Waals surface area (Å²) in [5.74, 6) is -0.876. The van der Waals surface area contributed by atoms with Crippen LogP contribution in [0.2, 0.25) is 0 Å². The maximum absolute atomic E-state index is 11.6. The van der Waals surface area contributed by atoms with Crippen LogP contribution in [0.5, 0.6) is 5.75 Å². The van der Waals surface area contributed by atoms with Crippen LogP contribution in [-0.2, 0) is 16.0 Å². The number of hydrogen-bond donors (Lipinski definition) is 1. The molecule has 2 rings (SSSR count). The molecule has 19 heavy (non-hydrogen) atoms. The molecule has 0 aromatic heterocycles. The van der Waals surface area contributed by atoms with Crippen molar-refractivity contribution in [2.24, 2.45) is 5.92 Å². The van der Waals surface area contributed by atoms with Gasteiger partial charge in [-0.05, 0) is 37.1 Å². The van der Waals surface area contributed by atoms with Crippen LogP contribution < -0.4 is 9.64 Å². The Morgan fingerprint density at radius 3 is 2.79 bits per heavy atom. The van der Waals surface area contributed by atoms with Crippen LogP contribution in [0.25, 0.3) is 0 Å². The third-order valence-corrected chi connectivity index (χ3v) is 3.25. The summed E-state index contributed by atoms with van der Waals surface area (Å²) in [7, 11) is 0. The molecule has 1 aromatic rings. The first-order valence-corrected chi connectivity index (χ1v) is 6.29. The Labute approximate surface area is 111 Å². The number of carbonyl (C=O) groups is 2. The lowest BCUT2D eigenvalue weighted by atomic mass is 9.92. The number of aliphatic carboxylic acids is 1. The van der Waals surface area contributed by atoms with E-state index in [9.17, 15) is 9.59 Å². The second-order valence-electron chi connectivity index (χ2n) is 4.59. The van der Waals surface area contributed by atoms with Gasteiger partial charge in [-0.15, -0.1) is 0 Å². The van der Waals surface area contributed by atoms with Crippen LogP contribution in [0.1, 0.15) is 19.4 Å². The predicted molar refractivity (Wildman–Crippen MR) is 70.5 cm³/mol. The third kappa shape index (κ3) is 2.70. The SMILES string of the molecule is CCOc1ccc2c(c1)CC(C(=O)O)CN2C(C)=O. The standard InChI is InChI=1S/C14H17NO4/c1-3-19-12-4-5-13-10(7-12)6-11(14(17)18)8-15(13)9(2)16/h4-5,7,11H,3,6,8H2,1-2H3,(H,17,18). The molecule has 0 aliphatic carbocycles. The molecule has 1 aliphatic rings.